The van der Waals surface area contributed by atoms with Crippen molar-refractivity contribution in [3.05, 3.63) is 119 Å². The molecule has 4 aromatic rings. The summed E-state index contributed by atoms with van der Waals surface area (Å²) in [5.41, 5.74) is 4.27. The van der Waals surface area contributed by atoms with Gasteiger partial charge in [-0.3, -0.25) is 4.79 Å². The molecular weight excluding hydrogens is 394 g/mol. The van der Waals surface area contributed by atoms with E-state index in [2.05, 4.69) is 42.6 Å². The van der Waals surface area contributed by atoms with Gasteiger partial charge in [-0.05, 0) is 34.4 Å². The summed E-state index contributed by atoms with van der Waals surface area (Å²) in [6.45, 7) is 3.97. The standard InChI is InChI=1S/C29H29NO2/c1-22-16-17-27(26-15-9-8-14-25(22)26)28(31)18-19-30-20-21-32-29(23-10-4-2-5-11-23)24-12-6-3-7-13-24/h2-17,29-30H,18-21H2,1H3. The molecule has 0 heterocycles. The number of carbonyl (C=O) groups excluding carboxylic acids is 1. The third-order valence-corrected chi connectivity index (χ3v) is 5.74. The van der Waals surface area contributed by atoms with Crippen LogP contribution in [0.25, 0.3) is 10.8 Å². The van der Waals surface area contributed by atoms with Crippen LogP contribution in [-0.4, -0.2) is 25.5 Å². The Morgan fingerprint density at radius 3 is 2.00 bits per heavy atom. The van der Waals surface area contributed by atoms with Crippen LogP contribution in [0.2, 0.25) is 0 Å². The number of hydrogen-bond acceptors (Lipinski definition) is 3. The highest BCUT2D eigenvalue weighted by Crippen LogP contribution is 2.26. The topological polar surface area (TPSA) is 38.3 Å². The molecule has 3 heteroatoms. The van der Waals surface area contributed by atoms with Crippen molar-refractivity contribution in [1.82, 2.24) is 5.32 Å². The molecule has 0 atom stereocenters. The van der Waals surface area contributed by atoms with Crippen LogP contribution in [0.4, 0.5) is 0 Å². The van der Waals surface area contributed by atoms with Gasteiger partial charge in [-0.25, -0.2) is 0 Å². The lowest BCUT2D eigenvalue weighted by Gasteiger charge is -2.19. The molecule has 3 nitrogen and oxygen atoms in total. The van der Waals surface area contributed by atoms with Gasteiger partial charge in [0.25, 0.3) is 0 Å². The van der Waals surface area contributed by atoms with E-state index >= 15 is 0 Å². The molecule has 0 saturated carbocycles. The zero-order valence-electron chi connectivity index (χ0n) is 18.5. The SMILES string of the molecule is Cc1ccc(C(=O)CCNCCOC(c2ccccc2)c2ccccc2)c2ccccc12. The molecule has 0 aliphatic heterocycles. The maximum absolute atomic E-state index is 12.8. The number of carbonyl (C=O) groups is 1. The monoisotopic (exact) mass is 423 g/mol. The van der Waals surface area contributed by atoms with Crippen LogP contribution in [0, 0.1) is 6.92 Å². The summed E-state index contributed by atoms with van der Waals surface area (Å²) < 4.78 is 6.23. The van der Waals surface area contributed by atoms with E-state index in [9.17, 15) is 4.79 Å². The number of ketones is 1. The van der Waals surface area contributed by atoms with Gasteiger partial charge in [-0.1, -0.05) is 97.1 Å². The number of hydrogen-bond donors (Lipinski definition) is 1. The molecule has 0 aromatic heterocycles. The Balaban J connectivity index is 1.29. The third-order valence-electron chi connectivity index (χ3n) is 5.74. The molecule has 4 rings (SSSR count). The average molecular weight is 424 g/mol. The molecule has 0 unspecified atom stereocenters. The summed E-state index contributed by atoms with van der Waals surface area (Å²) in [4.78, 5) is 12.8. The Morgan fingerprint density at radius 2 is 1.34 bits per heavy atom. The van der Waals surface area contributed by atoms with Crippen molar-refractivity contribution < 1.29 is 9.53 Å². The summed E-state index contributed by atoms with van der Waals surface area (Å²) in [6, 6.07) is 32.6. The van der Waals surface area contributed by atoms with E-state index in [1.54, 1.807) is 0 Å². The molecule has 0 fully saturated rings. The van der Waals surface area contributed by atoms with E-state index in [1.807, 2.05) is 66.7 Å². The first-order chi connectivity index (χ1) is 15.7. The number of benzene rings is 4. The van der Waals surface area contributed by atoms with Crippen molar-refractivity contribution in [1.29, 1.82) is 0 Å². The highest BCUT2D eigenvalue weighted by molar-refractivity contribution is 6.08. The van der Waals surface area contributed by atoms with E-state index < -0.39 is 0 Å². The smallest absolute Gasteiger partial charge is 0.164 e. The molecule has 32 heavy (non-hydrogen) atoms. The first-order valence-corrected chi connectivity index (χ1v) is 11.2. The van der Waals surface area contributed by atoms with E-state index in [4.69, 9.17) is 4.74 Å². The van der Waals surface area contributed by atoms with Gasteiger partial charge in [-0.2, -0.15) is 0 Å². The third kappa shape index (κ3) is 5.31. The molecule has 0 saturated heterocycles. The summed E-state index contributed by atoms with van der Waals surface area (Å²) in [5.74, 6) is 0.168. The van der Waals surface area contributed by atoms with Gasteiger partial charge >= 0.3 is 0 Å². The van der Waals surface area contributed by atoms with Crippen molar-refractivity contribution in [2.75, 3.05) is 19.7 Å². The second kappa shape index (κ2) is 10.9. The number of ether oxygens (including phenoxy) is 1. The molecule has 0 radical (unpaired) electrons. The van der Waals surface area contributed by atoms with Gasteiger partial charge in [0.05, 0.1) is 6.61 Å². The molecule has 0 aliphatic carbocycles. The Morgan fingerprint density at radius 1 is 0.750 bits per heavy atom. The predicted octanol–water partition coefficient (Wildman–Crippen LogP) is 6.12. The molecule has 0 bridgehead atoms. The van der Waals surface area contributed by atoms with Crippen molar-refractivity contribution in [3.8, 4) is 0 Å². The molecule has 162 valence electrons. The molecule has 0 aliphatic rings. The molecule has 0 spiro atoms. The second-order valence-corrected chi connectivity index (χ2v) is 7.97. The molecular formula is C29H29NO2. The molecule has 1 N–H and O–H groups in total. The predicted molar refractivity (Wildman–Crippen MR) is 131 cm³/mol. The fourth-order valence-electron chi connectivity index (χ4n) is 4.04. The van der Waals surface area contributed by atoms with Gasteiger partial charge in [0.2, 0.25) is 0 Å². The maximum Gasteiger partial charge on any atom is 0.164 e. The van der Waals surface area contributed by atoms with Crippen LogP contribution in [-0.2, 0) is 4.74 Å². The first-order valence-electron chi connectivity index (χ1n) is 11.2. The van der Waals surface area contributed by atoms with Gasteiger partial charge in [0, 0.05) is 25.1 Å². The van der Waals surface area contributed by atoms with Crippen LogP contribution in [0.5, 0.6) is 0 Å². The van der Waals surface area contributed by atoms with E-state index in [1.165, 1.54) is 5.56 Å². The number of rotatable bonds is 10. The summed E-state index contributed by atoms with van der Waals surface area (Å²) in [5, 5.41) is 5.54. The van der Waals surface area contributed by atoms with E-state index in [-0.39, 0.29) is 11.9 Å². The number of Topliss-reactive ketones (excluding diaryl/α,β-unsaturated/α-hetero) is 1. The number of fused-ring (bicyclic) bond motifs is 1. The van der Waals surface area contributed by atoms with Crippen molar-refractivity contribution in [2.45, 2.75) is 19.4 Å². The fraction of sp³-hybridized carbons (Fsp3) is 0.207. The van der Waals surface area contributed by atoms with Gasteiger partial charge in [-0.15, -0.1) is 0 Å². The van der Waals surface area contributed by atoms with Crippen LogP contribution >= 0.6 is 0 Å². The minimum absolute atomic E-state index is 0.0974. The zero-order chi connectivity index (χ0) is 22.2. The van der Waals surface area contributed by atoms with Gasteiger partial charge in [0.1, 0.15) is 6.10 Å². The molecule has 4 aromatic carbocycles. The van der Waals surface area contributed by atoms with Crippen LogP contribution in [0.1, 0.15) is 39.6 Å². The lowest BCUT2D eigenvalue weighted by Crippen LogP contribution is -2.24. The van der Waals surface area contributed by atoms with Gasteiger partial charge in [0.15, 0.2) is 5.78 Å². The van der Waals surface area contributed by atoms with E-state index in [0.29, 0.717) is 26.1 Å². The highest BCUT2D eigenvalue weighted by atomic mass is 16.5. The van der Waals surface area contributed by atoms with E-state index in [0.717, 1.165) is 27.5 Å². The Hall–Kier alpha value is -3.27. The Bertz CT molecular complexity index is 1120. The summed E-state index contributed by atoms with van der Waals surface area (Å²) in [6.07, 6.45) is 0.369. The lowest BCUT2D eigenvalue weighted by atomic mass is 9.97. The van der Waals surface area contributed by atoms with Crippen molar-refractivity contribution in [3.63, 3.8) is 0 Å². The van der Waals surface area contributed by atoms with Crippen molar-refractivity contribution >= 4 is 16.6 Å². The number of nitrogens with one attached hydrogen (secondary N) is 1. The fourth-order valence-corrected chi connectivity index (χ4v) is 4.04. The lowest BCUT2D eigenvalue weighted by molar-refractivity contribution is 0.0816. The number of aryl methyl sites for hydroxylation is 1. The maximum atomic E-state index is 12.8. The van der Waals surface area contributed by atoms with Crippen LogP contribution in [0.3, 0.4) is 0 Å². The van der Waals surface area contributed by atoms with Crippen LogP contribution < -0.4 is 5.32 Å². The largest absolute Gasteiger partial charge is 0.367 e. The van der Waals surface area contributed by atoms with Gasteiger partial charge < -0.3 is 10.1 Å². The summed E-state index contributed by atoms with van der Waals surface area (Å²) in [7, 11) is 0. The molecule has 0 amide bonds. The summed E-state index contributed by atoms with van der Waals surface area (Å²) >= 11 is 0. The normalized spacial score (nSPS) is 11.2. The minimum Gasteiger partial charge on any atom is -0.367 e. The average Bonchev–Trinajstić information content (AvgIpc) is 2.85. The minimum atomic E-state index is -0.0974. The quantitative estimate of drug-likeness (QED) is 0.247. The van der Waals surface area contributed by atoms with Crippen molar-refractivity contribution in [2.24, 2.45) is 0 Å². The van der Waals surface area contributed by atoms with Crippen LogP contribution in [0.15, 0.2) is 97.1 Å². The Labute approximate surface area is 190 Å². The Kier molecular flexibility index (Phi) is 7.44. The highest BCUT2D eigenvalue weighted by Gasteiger charge is 2.14. The second-order valence-electron chi connectivity index (χ2n) is 7.97. The first kappa shape index (κ1) is 21.9. The zero-order valence-corrected chi connectivity index (χ0v) is 18.5.